The number of carbonyl (C=O) groups excluding carboxylic acids is 1. The van der Waals surface area contributed by atoms with E-state index in [4.69, 9.17) is 0 Å². The molecule has 0 bridgehead atoms. The van der Waals surface area contributed by atoms with Gasteiger partial charge in [-0.2, -0.15) is 4.31 Å². The van der Waals surface area contributed by atoms with Crippen molar-refractivity contribution in [3.63, 3.8) is 0 Å². The Bertz CT molecular complexity index is 1380. The highest BCUT2D eigenvalue weighted by Gasteiger charge is 2.38. The monoisotopic (exact) mass is 448 g/mol. The molecule has 32 heavy (non-hydrogen) atoms. The Morgan fingerprint density at radius 3 is 2.56 bits per heavy atom. The average molecular weight is 449 g/mol. The van der Waals surface area contributed by atoms with Crippen LogP contribution >= 0.6 is 0 Å². The lowest BCUT2D eigenvalue weighted by Crippen LogP contribution is -2.52. The molecule has 1 unspecified atom stereocenters. The molecule has 1 aliphatic heterocycles. The third kappa shape index (κ3) is 3.65. The van der Waals surface area contributed by atoms with E-state index in [1.807, 2.05) is 66.7 Å². The van der Waals surface area contributed by atoms with Crippen LogP contribution in [0.3, 0.4) is 0 Å². The molecule has 7 nitrogen and oxygen atoms in total. The van der Waals surface area contributed by atoms with Gasteiger partial charge in [-0.25, -0.2) is 13.4 Å². The summed E-state index contributed by atoms with van der Waals surface area (Å²) in [6.07, 6.45) is 0. The van der Waals surface area contributed by atoms with Gasteiger partial charge in [0.15, 0.2) is 0 Å². The number of fused-ring (bicyclic) bond motifs is 2. The van der Waals surface area contributed by atoms with Gasteiger partial charge >= 0.3 is 0 Å². The van der Waals surface area contributed by atoms with Gasteiger partial charge in [0.05, 0.1) is 16.8 Å². The number of hydrogen-bond donors (Lipinski definition) is 1. The Morgan fingerprint density at radius 2 is 1.78 bits per heavy atom. The summed E-state index contributed by atoms with van der Waals surface area (Å²) in [5.41, 5.74) is 2.21. The number of nitrogens with one attached hydrogen (secondary N) is 1. The number of para-hydroxylation sites is 2. The zero-order valence-electron chi connectivity index (χ0n) is 17.7. The summed E-state index contributed by atoms with van der Waals surface area (Å²) < 4.78 is 27.1. The summed E-state index contributed by atoms with van der Waals surface area (Å²) in [5, 5.41) is 2.07. The van der Waals surface area contributed by atoms with Crippen LogP contribution in [0.4, 0.5) is 0 Å². The van der Waals surface area contributed by atoms with Crippen molar-refractivity contribution in [3.05, 3.63) is 78.1 Å². The van der Waals surface area contributed by atoms with Crippen molar-refractivity contribution in [1.29, 1.82) is 0 Å². The lowest BCUT2D eigenvalue weighted by atomic mass is 10.1. The summed E-state index contributed by atoms with van der Waals surface area (Å²) in [7, 11) is -3.46. The van der Waals surface area contributed by atoms with E-state index >= 15 is 0 Å². The molecule has 3 aromatic carbocycles. The second-order valence-corrected chi connectivity index (χ2v) is 10.2. The number of benzene rings is 3. The second-order valence-electron chi connectivity index (χ2n) is 7.98. The molecule has 1 aromatic heterocycles. The van der Waals surface area contributed by atoms with E-state index in [-0.39, 0.29) is 24.7 Å². The van der Waals surface area contributed by atoms with Crippen LogP contribution in [0.2, 0.25) is 0 Å². The van der Waals surface area contributed by atoms with Crippen LogP contribution < -0.4 is 0 Å². The Labute approximate surface area is 186 Å². The minimum absolute atomic E-state index is 0.00233. The van der Waals surface area contributed by atoms with Crippen molar-refractivity contribution < 1.29 is 13.2 Å². The molecule has 0 saturated carbocycles. The molecule has 1 saturated heterocycles. The van der Waals surface area contributed by atoms with Gasteiger partial charge in [0.2, 0.25) is 10.0 Å². The summed E-state index contributed by atoms with van der Waals surface area (Å²) in [4.78, 5) is 23.0. The number of H-pyrrole nitrogens is 1. The quantitative estimate of drug-likeness (QED) is 0.517. The van der Waals surface area contributed by atoms with Crippen molar-refractivity contribution in [2.45, 2.75) is 13.0 Å². The standard InChI is InChI=1S/C24H24N4O3S/c1-2-32(30,31)28-14-13-27(16-22(28)23-25-20-9-5-6-10-21(20)26-23)24(29)19-12-11-17-7-3-4-8-18(17)15-19/h3-12,15,22H,2,13-14,16H2,1H3,(H,25,26). The molecule has 1 N–H and O–H groups in total. The lowest BCUT2D eigenvalue weighted by molar-refractivity contribution is 0.0621. The maximum atomic E-state index is 13.3. The number of hydrogen-bond acceptors (Lipinski definition) is 4. The number of nitrogens with zero attached hydrogens (tertiary/aromatic N) is 3. The minimum Gasteiger partial charge on any atom is -0.341 e. The molecule has 0 spiro atoms. The Hall–Kier alpha value is -3.23. The van der Waals surface area contributed by atoms with Crippen LogP contribution in [0.15, 0.2) is 66.7 Å². The molecule has 8 heteroatoms. The number of imidazole rings is 1. The van der Waals surface area contributed by atoms with Crippen LogP contribution in [0.1, 0.15) is 29.1 Å². The fourth-order valence-corrected chi connectivity index (χ4v) is 5.55. The van der Waals surface area contributed by atoms with Gasteiger partial charge in [-0.1, -0.05) is 42.5 Å². The zero-order valence-corrected chi connectivity index (χ0v) is 18.5. The van der Waals surface area contributed by atoms with Crippen molar-refractivity contribution >= 4 is 37.7 Å². The largest absolute Gasteiger partial charge is 0.341 e. The summed E-state index contributed by atoms with van der Waals surface area (Å²) in [6, 6.07) is 20.6. The number of amides is 1. The van der Waals surface area contributed by atoms with E-state index in [9.17, 15) is 13.2 Å². The molecule has 2 heterocycles. The molecule has 0 aliphatic carbocycles. The lowest BCUT2D eigenvalue weighted by Gasteiger charge is -2.39. The fourth-order valence-electron chi connectivity index (χ4n) is 4.31. The number of aromatic amines is 1. The molecule has 1 amide bonds. The van der Waals surface area contributed by atoms with E-state index in [0.29, 0.717) is 17.9 Å². The maximum Gasteiger partial charge on any atom is 0.253 e. The average Bonchev–Trinajstić information content (AvgIpc) is 3.27. The molecular formula is C24H24N4O3S. The van der Waals surface area contributed by atoms with E-state index in [1.165, 1.54) is 4.31 Å². The molecule has 0 radical (unpaired) electrons. The predicted molar refractivity (Wildman–Crippen MR) is 125 cm³/mol. The first-order valence-electron chi connectivity index (χ1n) is 10.7. The molecular weight excluding hydrogens is 424 g/mol. The first kappa shape index (κ1) is 20.7. The number of aromatic nitrogens is 2. The Balaban J connectivity index is 1.49. The van der Waals surface area contributed by atoms with Gasteiger partial charge in [0.1, 0.15) is 11.9 Å². The second kappa shape index (κ2) is 8.03. The first-order valence-corrected chi connectivity index (χ1v) is 12.3. The highest BCUT2D eigenvalue weighted by Crippen LogP contribution is 2.29. The van der Waals surface area contributed by atoms with Crippen LogP contribution in [0.5, 0.6) is 0 Å². The molecule has 1 aliphatic rings. The SMILES string of the molecule is CCS(=O)(=O)N1CCN(C(=O)c2ccc3ccccc3c2)CC1c1nc2ccccc2[nH]1. The van der Waals surface area contributed by atoms with Gasteiger partial charge in [-0.3, -0.25) is 4.79 Å². The van der Waals surface area contributed by atoms with Crippen LogP contribution in [-0.2, 0) is 10.0 Å². The van der Waals surface area contributed by atoms with Crippen LogP contribution in [-0.4, -0.2) is 58.9 Å². The molecule has 164 valence electrons. The smallest absolute Gasteiger partial charge is 0.253 e. The summed E-state index contributed by atoms with van der Waals surface area (Å²) >= 11 is 0. The van der Waals surface area contributed by atoms with Gasteiger partial charge in [-0.05, 0) is 42.0 Å². The maximum absolute atomic E-state index is 13.3. The zero-order chi connectivity index (χ0) is 22.3. The molecule has 1 fully saturated rings. The number of carbonyl (C=O) groups is 1. The molecule has 1 atom stereocenters. The highest BCUT2D eigenvalue weighted by molar-refractivity contribution is 7.89. The summed E-state index contributed by atoms with van der Waals surface area (Å²) in [5.74, 6) is 0.451. The van der Waals surface area contributed by atoms with Crippen LogP contribution in [0, 0.1) is 0 Å². The predicted octanol–water partition coefficient (Wildman–Crippen LogP) is 3.56. The molecule has 5 rings (SSSR count). The van der Waals surface area contributed by atoms with Crippen molar-refractivity contribution in [2.24, 2.45) is 0 Å². The molecule has 4 aromatic rings. The number of sulfonamides is 1. The van der Waals surface area contributed by atoms with Gasteiger partial charge in [-0.15, -0.1) is 0 Å². The van der Waals surface area contributed by atoms with Gasteiger partial charge in [0, 0.05) is 25.2 Å². The Morgan fingerprint density at radius 1 is 1.03 bits per heavy atom. The summed E-state index contributed by atoms with van der Waals surface area (Å²) in [6.45, 7) is 2.45. The highest BCUT2D eigenvalue weighted by atomic mass is 32.2. The van der Waals surface area contributed by atoms with Crippen LogP contribution in [0.25, 0.3) is 21.8 Å². The first-order chi connectivity index (χ1) is 15.5. The third-order valence-electron chi connectivity index (χ3n) is 6.06. The topological polar surface area (TPSA) is 86.4 Å². The van der Waals surface area contributed by atoms with E-state index in [0.717, 1.165) is 21.8 Å². The minimum atomic E-state index is -3.46. The van der Waals surface area contributed by atoms with Crippen molar-refractivity contribution in [3.8, 4) is 0 Å². The van der Waals surface area contributed by atoms with Crippen molar-refractivity contribution in [2.75, 3.05) is 25.4 Å². The number of rotatable bonds is 4. The van der Waals surface area contributed by atoms with Gasteiger partial charge in [0.25, 0.3) is 5.91 Å². The third-order valence-corrected chi connectivity index (χ3v) is 7.94. The van der Waals surface area contributed by atoms with Gasteiger partial charge < -0.3 is 9.88 Å². The fraction of sp³-hybridized carbons (Fsp3) is 0.250. The van der Waals surface area contributed by atoms with E-state index < -0.39 is 16.1 Å². The number of piperazine rings is 1. The van der Waals surface area contributed by atoms with E-state index in [2.05, 4.69) is 9.97 Å². The van der Waals surface area contributed by atoms with Crippen molar-refractivity contribution in [1.82, 2.24) is 19.2 Å². The Kier molecular flexibility index (Phi) is 5.19. The normalized spacial score (nSPS) is 17.8. The van der Waals surface area contributed by atoms with E-state index in [1.54, 1.807) is 11.8 Å².